The fourth-order valence-corrected chi connectivity index (χ4v) is 5.16. The highest BCUT2D eigenvalue weighted by atomic mass is 32.2. The summed E-state index contributed by atoms with van der Waals surface area (Å²) in [6, 6.07) is 0. The minimum Gasteiger partial charge on any atom is -0.306 e. The van der Waals surface area contributed by atoms with Crippen molar-refractivity contribution in [1.82, 2.24) is 14.1 Å². The number of hydrogen-bond donors (Lipinski definition) is 3. The number of fused-ring (bicyclic) bond motifs is 1. The van der Waals surface area contributed by atoms with E-state index in [1.54, 1.807) is 16.0 Å². The number of sulfonamides is 1. The molecular weight excluding hydrogens is 310 g/mol. The Kier molecular flexibility index (Phi) is 2.84. The molecule has 21 heavy (non-hydrogen) atoms. The highest BCUT2D eigenvalue weighted by molar-refractivity contribution is 7.89. The van der Waals surface area contributed by atoms with E-state index in [0.29, 0.717) is 17.4 Å². The van der Waals surface area contributed by atoms with Gasteiger partial charge in [0.15, 0.2) is 10.8 Å². The van der Waals surface area contributed by atoms with Crippen LogP contribution in [0.5, 0.6) is 0 Å². The first-order chi connectivity index (χ1) is 10.1. The molecule has 0 amide bonds. The van der Waals surface area contributed by atoms with Crippen molar-refractivity contribution in [2.24, 2.45) is 17.2 Å². The van der Waals surface area contributed by atoms with Crippen LogP contribution in [0.15, 0.2) is 16.6 Å². The monoisotopic (exact) mass is 327 g/mol. The van der Waals surface area contributed by atoms with Crippen LogP contribution in [-0.2, 0) is 10.0 Å². The fraction of sp³-hybridized carbons (Fsp3) is 0.583. The lowest BCUT2D eigenvalue weighted by Crippen LogP contribution is -2.32. The molecule has 0 radical (unpaired) electrons. The van der Waals surface area contributed by atoms with Crippen LogP contribution in [0, 0.1) is 11.3 Å². The van der Waals surface area contributed by atoms with Crippen LogP contribution in [0.25, 0.3) is 4.96 Å². The lowest BCUT2D eigenvalue weighted by Gasteiger charge is -2.15. The second kappa shape index (κ2) is 4.42. The van der Waals surface area contributed by atoms with Gasteiger partial charge in [0.1, 0.15) is 0 Å². The Balaban J connectivity index is 1.64. The van der Waals surface area contributed by atoms with E-state index >= 15 is 0 Å². The number of hydrazine groups is 1. The van der Waals surface area contributed by atoms with Gasteiger partial charge in [-0.3, -0.25) is 4.40 Å². The molecule has 0 aromatic carbocycles. The molecule has 2 fully saturated rings. The summed E-state index contributed by atoms with van der Waals surface area (Å²) in [5.74, 6) is 6.30. The van der Waals surface area contributed by atoms with Crippen LogP contribution < -0.4 is 16.0 Å². The number of rotatable bonds is 6. The number of anilines is 1. The number of nitrogens with one attached hydrogen (secondary N) is 2. The van der Waals surface area contributed by atoms with Gasteiger partial charge in [-0.05, 0) is 37.0 Å². The van der Waals surface area contributed by atoms with Gasteiger partial charge in [-0.1, -0.05) is 0 Å². The Hall–Kier alpha value is -1.16. The zero-order valence-electron chi connectivity index (χ0n) is 11.4. The summed E-state index contributed by atoms with van der Waals surface area (Å²) in [4.78, 5) is 4.79. The standard InChI is InChI=1S/C12H17N5O2S2/c13-16-9-10(17-5-6-20-11(17)15-9)21(18,19)14-7-12(3-4-12)8-1-2-8/h5-6,8,14,16H,1-4,7,13H2. The molecule has 0 unspecified atom stereocenters. The normalized spacial score (nSPS) is 20.8. The fourth-order valence-electron chi connectivity index (χ4n) is 3.01. The molecule has 9 heteroatoms. The second-order valence-corrected chi connectivity index (χ2v) is 8.48. The van der Waals surface area contributed by atoms with Crippen molar-refractivity contribution < 1.29 is 8.42 Å². The largest absolute Gasteiger partial charge is 0.306 e. The molecule has 0 atom stereocenters. The predicted octanol–water partition coefficient (Wildman–Crippen LogP) is 1.15. The summed E-state index contributed by atoms with van der Waals surface area (Å²) in [5, 5.41) is 1.89. The van der Waals surface area contributed by atoms with Crippen LogP contribution in [0.3, 0.4) is 0 Å². The molecule has 2 aromatic rings. The van der Waals surface area contributed by atoms with Gasteiger partial charge < -0.3 is 5.43 Å². The van der Waals surface area contributed by atoms with Crippen molar-refractivity contribution >= 4 is 32.1 Å². The molecule has 0 saturated heterocycles. The van der Waals surface area contributed by atoms with Crippen LogP contribution in [-0.4, -0.2) is 24.3 Å². The van der Waals surface area contributed by atoms with Gasteiger partial charge >= 0.3 is 0 Å². The highest BCUT2D eigenvalue weighted by Gasteiger charge is 2.53. The quantitative estimate of drug-likeness (QED) is 0.546. The summed E-state index contributed by atoms with van der Waals surface area (Å²) in [7, 11) is -3.64. The second-order valence-electron chi connectivity index (χ2n) is 5.93. The maximum atomic E-state index is 12.6. The molecule has 0 spiro atoms. The molecule has 0 aliphatic heterocycles. The minimum atomic E-state index is -3.64. The molecule has 4 rings (SSSR count). The van der Waals surface area contributed by atoms with E-state index in [1.165, 1.54) is 24.2 Å². The summed E-state index contributed by atoms with van der Waals surface area (Å²) < 4.78 is 29.6. The van der Waals surface area contributed by atoms with Gasteiger partial charge in [-0.2, -0.15) is 4.98 Å². The Labute approximate surface area is 126 Å². The van der Waals surface area contributed by atoms with Crippen LogP contribution in [0.1, 0.15) is 25.7 Å². The highest BCUT2D eigenvalue weighted by Crippen LogP contribution is 2.60. The van der Waals surface area contributed by atoms with Crippen LogP contribution in [0.2, 0.25) is 0 Å². The van der Waals surface area contributed by atoms with Gasteiger partial charge in [-0.25, -0.2) is 19.0 Å². The molecule has 4 N–H and O–H groups in total. The van der Waals surface area contributed by atoms with Crippen molar-refractivity contribution in [3.05, 3.63) is 11.6 Å². The summed E-state index contributed by atoms with van der Waals surface area (Å²) >= 11 is 1.37. The first-order valence-corrected chi connectivity index (χ1v) is 9.34. The summed E-state index contributed by atoms with van der Waals surface area (Å²) in [6.45, 7) is 0.515. The van der Waals surface area contributed by atoms with E-state index in [9.17, 15) is 8.42 Å². The molecule has 2 aliphatic carbocycles. The van der Waals surface area contributed by atoms with Crippen LogP contribution >= 0.6 is 11.3 Å². The average Bonchev–Trinajstić information content (AvgIpc) is 3.33. The van der Waals surface area contributed by atoms with Crippen molar-refractivity contribution in [2.45, 2.75) is 30.7 Å². The Morgan fingerprint density at radius 3 is 2.86 bits per heavy atom. The molecule has 2 aliphatic rings. The van der Waals surface area contributed by atoms with Crippen molar-refractivity contribution in [3.63, 3.8) is 0 Å². The lowest BCUT2D eigenvalue weighted by atomic mass is 10.0. The Morgan fingerprint density at radius 1 is 1.48 bits per heavy atom. The maximum absolute atomic E-state index is 12.6. The summed E-state index contributed by atoms with van der Waals surface area (Å²) in [5.41, 5.74) is 2.59. The minimum absolute atomic E-state index is 0.0906. The zero-order chi connectivity index (χ0) is 14.7. The molecule has 114 valence electrons. The number of aromatic nitrogens is 2. The molecular formula is C12H17N5O2S2. The van der Waals surface area contributed by atoms with E-state index in [4.69, 9.17) is 5.84 Å². The Bertz CT molecular complexity index is 786. The molecule has 2 aromatic heterocycles. The van der Waals surface area contributed by atoms with Crippen molar-refractivity contribution in [3.8, 4) is 0 Å². The van der Waals surface area contributed by atoms with Gasteiger partial charge in [0.2, 0.25) is 5.03 Å². The molecule has 0 bridgehead atoms. The third kappa shape index (κ3) is 2.15. The van der Waals surface area contributed by atoms with Gasteiger partial charge in [0, 0.05) is 18.1 Å². The third-order valence-corrected chi connectivity index (χ3v) is 6.74. The first kappa shape index (κ1) is 13.5. The zero-order valence-corrected chi connectivity index (χ0v) is 13.0. The lowest BCUT2D eigenvalue weighted by molar-refractivity contribution is 0.431. The van der Waals surface area contributed by atoms with E-state index < -0.39 is 10.0 Å². The number of thiazole rings is 1. The van der Waals surface area contributed by atoms with Crippen molar-refractivity contribution in [2.75, 3.05) is 12.0 Å². The van der Waals surface area contributed by atoms with Gasteiger partial charge in [0.25, 0.3) is 10.0 Å². The number of nitrogens with zero attached hydrogens (tertiary/aromatic N) is 2. The van der Waals surface area contributed by atoms with Crippen LogP contribution in [0.4, 0.5) is 5.82 Å². The first-order valence-electron chi connectivity index (χ1n) is 6.98. The van der Waals surface area contributed by atoms with Crippen molar-refractivity contribution in [1.29, 1.82) is 0 Å². The average molecular weight is 327 g/mol. The maximum Gasteiger partial charge on any atom is 0.260 e. The third-order valence-electron chi connectivity index (χ3n) is 4.56. The van der Waals surface area contributed by atoms with E-state index in [-0.39, 0.29) is 16.3 Å². The van der Waals surface area contributed by atoms with E-state index in [1.807, 2.05) is 0 Å². The molecule has 7 nitrogen and oxygen atoms in total. The topological polar surface area (TPSA) is 102 Å². The SMILES string of the molecule is NNc1nc2sccn2c1S(=O)(=O)NCC1(C2CC2)CC1. The van der Waals surface area contributed by atoms with Gasteiger partial charge in [-0.15, -0.1) is 11.3 Å². The smallest absolute Gasteiger partial charge is 0.260 e. The number of hydrogen-bond acceptors (Lipinski definition) is 6. The molecule has 2 saturated carbocycles. The van der Waals surface area contributed by atoms with E-state index in [0.717, 1.165) is 12.8 Å². The van der Waals surface area contributed by atoms with E-state index in [2.05, 4.69) is 15.1 Å². The summed E-state index contributed by atoms with van der Waals surface area (Å²) in [6.07, 6.45) is 6.42. The predicted molar refractivity (Wildman–Crippen MR) is 80.5 cm³/mol. The number of imidazole rings is 1. The number of nitrogens with two attached hydrogens (primary N) is 1. The number of nitrogen functional groups attached to an aromatic ring is 1. The molecule has 2 heterocycles. The Morgan fingerprint density at radius 2 is 2.24 bits per heavy atom. The van der Waals surface area contributed by atoms with Gasteiger partial charge in [0.05, 0.1) is 0 Å².